The Morgan fingerprint density at radius 3 is 2.50 bits per heavy atom. The molecule has 1 rings (SSSR count). The van der Waals surface area contributed by atoms with Gasteiger partial charge in [-0.25, -0.2) is 0 Å². The lowest BCUT2D eigenvalue weighted by molar-refractivity contribution is 1.67. The van der Waals surface area contributed by atoms with Crippen LogP contribution in [0.1, 0.15) is 12.4 Å². The third-order valence-corrected chi connectivity index (χ3v) is 0.723. The zero-order valence-corrected chi connectivity index (χ0v) is 4.28. The lowest BCUT2D eigenvalue weighted by Gasteiger charge is -1.85. The summed E-state index contributed by atoms with van der Waals surface area (Å²) >= 11 is 0. The Bertz CT molecular complexity index is 340. The van der Waals surface area contributed by atoms with Crippen LogP contribution in [0.3, 0.4) is 0 Å². The van der Waals surface area contributed by atoms with Gasteiger partial charge in [0.15, 0.2) is 0 Å². The van der Waals surface area contributed by atoms with Crippen LogP contribution in [0.4, 0.5) is 0 Å². The van der Waals surface area contributed by atoms with Crippen LogP contribution in [0.25, 0.3) is 6.08 Å². The fourth-order valence-electron chi connectivity index (χ4n) is 0.362. The fraction of sp³-hybridized carbons (Fsp3) is 0. The van der Waals surface area contributed by atoms with Crippen molar-refractivity contribution in [2.24, 2.45) is 0 Å². The maximum atomic E-state index is 7.39. The molecule has 0 nitrogen and oxygen atoms in total. The third kappa shape index (κ3) is 0.969. The predicted molar refractivity (Wildman–Crippen MR) is 36.5 cm³/mol. The fourth-order valence-corrected chi connectivity index (χ4v) is 0.362. The lowest BCUT2D eigenvalue weighted by atomic mass is 10.2. The van der Waals surface area contributed by atoms with Crippen molar-refractivity contribution in [3.05, 3.63) is 42.4 Å². The molecule has 0 spiro atoms. The normalized spacial score (nSPS) is 17.2. The average molecular weight is 109 g/mol. The molecule has 0 heterocycles. The maximum Gasteiger partial charge on any atom is 0.0629 e. The summed E-state index contributed by atoms with van der Waals surface area (Å²) in [4.78, 5) is 0. The van der Waals surface area contributed by atoms with Crippen molar-refractivity contribution in [3.63, 3.8) is 0 Å². The summed E-state index contributed by atoms with van der Waals surface area (Å²) in [7, 11) is 0. The highest BCUT2D eigenvalue weighted by Crippen LogP contribution is 1.97. The van der Waals surface area contributed by atoms with Crippen molar-refractivity contribution in [2.75, 3.05) is 0 Å². The Labute approximate surface area is 56.5 Å². The van der Waals surface area contributed by atoms with E-state index in [0.717, 1.165) is 0 Å². The molecule has 0 saturated heterocycles. The second-order valence-electron chi connectivity index (χ2n) is 1.24. The summed E-state index contributed by atoms with van der Waals surface area (Å²) in [6.45, 7) is 3.40. The highest BCUT2D eigenvalue weighted by atomic mass is 13.8. The van der Waals surface area contributed by atoms with Gasteiger partial charge in [-0.3, -0.25) is 0 Å². The van der Waals surface area contributed by atoms with Gasteiger partial charge in [0, 0.05) is 0 Å². The zero-order chi connectivity index (χ0) is 10.2. The Morgan fingerprint density at radius 1 is 1.38 bits per heavy atom. The second-order valence-corrected chi connectivity index (χ2v) is 1.24. The topological polar surface area (TPSA) is 0 Å². The second kappa shape index (κ2) is 2.31. The summed E-state index contributed by atoms with van der Waals surface area (Å²) < 4.78 is 36.6. The minimum atomic E-state index is -0.374. The first-order valence-corrected chi connectivity index (χ1v) is 2.20. The van der Waals surface area contributed by atoms with Crippen molar-refractivity contribution in [1.29, 1.82) is 0 Å². The van der Waals surface area contributed by atoms with E-state index in [4.69, 9.17) is 6.85 Å². The minimum absolute atomic E-state index is 0.144. The Kier molecular flexibility index (Phi) is 0.500. The van der Waals surface area contributed by atoms with Crippen LogP contribution in [-0.4, -0.2) is 0 Å². The van der Waals surface area contributed by atoms with E-state index in [9.17, 15) is 0 Å². The molecule has 0 aliphatic heterocycles. The number of rotatable bonds is 1. The third-order valence-electron chi connectivity index (χ3n) is 0.723. The van der Waals surface area contributed by atoms with Crippen LogP contribution in [0.15, 0.2) is 36.8 Å². The molecule has 0 fully saturated rings. The summed E-state index contributed by atoms with van der Waals surface area (Å²) in [6.07, 6.45) is 1.26. The van der Waals surface area contributed by atoms with Crippen LogP contribution in [0.2, 0.25) is 0 Å². The summed E-state index contributed by atoms with van der Waals surface area (Å²) in [5, 5.41) is 0. The summed E-state index contributed by atoms with van der Waals surface area (Å²) in [5.41, 5.74) is 0.144. The van der Waals surface area contributed by atoms with Crippen molar-refractivity contribution in [3.8, 4) is 0 Å². The zero-order valence-electron chi connectivity index (χ0n) is 9.28. The lowest BCUT2D eigenvalue weighted by Crippen LogP contribution is -1.63. The van der Waals surface area contributed by atoms with E-state index in [1.54, 1.807) is 0 Å². The van der Waals surface area contributed by atoms with E-state index in [-0.39, 0.29) is 35.8 Å². The number of hydrogen-bond acceptors (Lipinski definition) is 0. The van der Waals surface area contributed by atoms with Gasteiger partial charge in [0.2, 0.25) is 0 Å². The first kappa shape index (κ1) is 1.73. The number of benzene rings is 1. The monoisotopic (exact) mass is 109 g/mol. The summed E-state index contributed by atoms with van der Waals surface area (Å²) in [6, 6.07) is -1.44. The molecule has 0 unspecified atom stereocenters. The Balaban J connectivity index is 3.66. The maximum absolute atomic E-state index is 7.39. The van der Waals surface area contributed by atoms with Gasteiger partial charge in [-0.05, 0) is 5.56 Å². The molecule has 0 aliphatic carbocycles. The van der Waals surface area contributed by atoms with Crippen molar-refractivity contribution in [1.82, 2.24) is 0 Å². The van der Waals surface area contributed by atoms with Gasteiger partial charge in [-0.15, -0.1) is 0 Å². The van der Waals surface area contributed by atoms with Gasteiger partial charge in [-0.1, -0.05) is 42.9 Å². The Hall–Kier alpha value is -1.04. The molecule has 0 radical (unpaired) electrons. The van der Waals surface area contributed by atoms with Crippen LogP contribution in [0, 0.1) is 0 Å². The van der Waals surface area contributed by atoms with Crippen LogP contribution >= 0.6 is 0 Å². The van der Waals surface area contributed by atoms with Gasteiger partial charge >= 0.3 is 0 Å². The molecule has 0 amide bonds. The minimum Gasteiger partial charge on any atom is -0.0985 e. The molecule has 0 N–H and O–H groups in total. The molecule has 0 bridgehead atoms. The number of hydrogen-bond donors (Lipinski definition) is 0. The molecular weight excluding hydrogens is 96.1 g/mol. The first-order valence-electron chi connectivity index (χ1n) is 4.70. The molecule has 8 heavy (non-hydrogen) atoms. The molecule has 0 aliphatic rings. The van der Waals surface area contributed by atoms with Gasteiger partial charge in [0.05, 0.1) is 6.85 Å². The molecule has 0 heteroatoms. The van der Waals surface area contributed by atoms with Crippen LogP contribution < -0.4 is 0 Å². The Morgan fingerprint density at radius 2 is 2.00 bits per heavy atom. The highest BCUT2D eigenvalue weighted by molar-refractivity contribution is 5.45. The van der Waals surface area contributed by atoms with Crippen molar-refractivity contribution >= 4 is 6.08 Å². The largest absolute Gasteiger partial charge is 0.0985 e. The SMILES string of the molecule is [2H]c1c([2H])c([2H])c(C=C)c([2H])c1[2H]. The van der Waals surface area contributed by atoms with Gasteiger partial charge < -0.3 is 0 Å². The van der Waals surface area contributed by atoms with E-state index >= 15 is 0 Å². The average Bonchev–Trinajstić information content (AvgIpc) is 2.13. The molecule has 1 aromatic carbocycles. The molecule has 1 aromatic rings. The van der Waals surface area contributed by atoms with E-state index in [1.165, 1.54) is 6.08 Å². The van der Waals surface area contributed by atoms with Crippen LogP contribution in [0.5, 0.6) is 0 Å². The van der Waals surface area contributed by atoms with E-state index in [1.807, 2.05) is 0 Å². The molecule has 0 atom stereocenters. The molecule has 40 valence electrons. The van der Waals surface area contributed by atoms with Gasteiger partial charge in [-0.2, -0.15) is 0 Å². The van der Waals surface area contributed by atoms with Crippen molar-refractivity contribution < 1.29 is 6.85 Å². The molecular formula is C8H8. The standard InChI is InChI=1S/C8H8/c1-2-8-6-4-3-5-7-8/h2-7H,1H2/i3D,4D,5D,6D,7D. The van der Waals surface area contributed by atoms with Gasteiger partial charge in [0.1, 0.15) is 0 Å². The van der Waals surface area contributed by atoms with E-state index < -0.39 is 0 Å². The predicted octanol–water partition coefficient (Wildman–Crippen LogP) is 2.33. The smallest absolute Gasteiger partial charge is 0.0629 e. The van der Waals surface area contributed by atoms with Gasteiger partial charge in [0.25, 0.3) is 0 Å². The highest BCUT2D eigenvalue weighted by Gasteiger charge is 1.75. The van der Waals surface area contributed by atoms with E-state index in [2.05, 4.69) is 6.58 Å². The molecule has 0 saturated carbocycles. The van der Waals surface area contributed by atoms with Crippen molar-refractivity contribution in [2.45, 2.75) is 0 Å². The quantitative estimate of drug-likeness (QED) is 0.519. The summed E-state index contributed by atoms with van der Waals surface area (Å²) in [5.74, 6) is 0. The first-order chi connectivity index (χ1) is 6.00. The van der Waals surface area contributed by atoms with E-state index in [0.29, 0.717) is 0 Å². The molecule has 0 aromatic heterocycles. The van der Waals surface area contributed by atoms with Crippen LogP contribution in [-0.2, 0) is 0 Å².